The second-order valence-electron chi connectivity index (χ2n) is 3.17. The van der Waals surface area contributed by atoms with Crippen LogP contribution in [0.4, 0.5) is 0 Å². The van der Waals surface area contributed by atoms with E-state index in [2.05, 4.69) is 0 Å². The minimum absolute atomic E-state index is 0.00553. The van der Waals surface area contributed by atoms with Gasteiger partial charge in [-0.1, -0.05) is 0 Å². The molecule has 0 spiro atoms. The molecule has 0 radical (unpaired) electrons. The fourth-order valence-corrected chi connectivity index (χ4v) is 1.06. The SMILES string of the molecule is CC1=CC(C)(O)C(C)=CC1=O. The number of carbonyl (C=O) groups excluding carboxylic acids is 1. The predicted octanol–water partition coefficient (Wildman–Crippen LogP) is 1.21. The van der Waals surface area contributed by atoms with Crippen LogP contribution >= 0.6 is 0 Å². The normalized spacial score (nSPS) is 31.5. The van der Waals surface area contributed by atoms with E-state index >= 15 is 0 Å². The Morgan fingerprint density at radius 2 is 2.00 bits per heavy atom. The molecule has 11 heavy (non-hydrogen) atoms. The van der Waals surface area contributed by atoms with Crippen molar-refractivity contribution >= 4 is 5.78 Å². The van der Waals surface area contributed by atoms with Gasteiger partial charge in [-0.25, -0.2) is 0 Å². The monoisotopic (exact) mass is 152 g/mol. The van der Waals surface area contributed by atoms with Crippen LogP contribution in [0.2, 0.25) is 0 Å². The van der Waals surface area contributed by atoms with Gasteiger partial charge in [0.15, 0.2) is 5.78 Å². The lowest BCUT2D eigenvalue weighted by molar-refractivity contribution is -0.111. The van der Waals surface area contributed by atoms with Crippen molar-refractivity contribution in [2.75, 3.05) is 0 Å². The van der Waals surface area contributed by atoms with E-state index in [1.165, 1.54) is 6.08 Å². The number of aliphatic hydroxyl groups is 1. The third-order valence-electron chi connectivity index (χ3n) is 2.03. The van der Waals surface area contributed by atoms with Gasteiger partial charge in [0.05, 0.1) is 0 Å². The first-order chi connectivity index (χ1) is 4.93. The topological polar surface area (TPSA) is 37.3 Å². The Balaban J connectivity index is 3.08. The summed E-state index contributed by atoms with van der Waals surface area (Å²) in [7, 11) is 0. The van der Waals surface area contributed by atoms with Crippen molar-refractivity contribution in [3.63, 3.8) is 0 Å². The summed E-state index contributed by atoms with van der Waals surface area (Å²) in [6.45, 7) is 5.13. The lowest BCUT2D eigenvalue weighted by atomic mass is 9.88. The van der Waals surface area contributed by atoms with Crippen molar-refractivity contribution in [2.24, 2.45) is 0 Å². The summed E-state index contributed by atoms with van der Waals surface area (Å²) in [5.74, 6) is -0.00553. The van der Waals surface area contributed by atoms with E-state index < -0.39 is 5.60 Å². The molecule has 0 aromatic carbocycles. The summed E-state index contributed by atoms with van der Waals surface area (Å²) < 4.78 is 0. The number of carbonyl (C=O) groups is 1. The molecule has 0 heterocycles. The van der Waals surface area contributed by atoms with Crippen LogP contribution in [0.15, 0.2) is 23.3 Å². The molecule has 2 heteroatoms. The number of allylic oxidation sites excluding steroid dienone is 2. The maximum absolute atomic E-state index is 11.0. The van der Waals surface area contributed by atoms with Crippen LogP contribution in [0, 0.1) is 0 Å². The molecule has 2 nitrogen and oxygen atoms in total. The lowest BCUT2D eigenvalue weighted by Gasteiger charge is -2.24. The van der Waals surface area contributed by atoms with Crippen molar-refractivity contribution in [2.45, 2.75) is 26.4 Å². The van der Waals surface area contributed by atoms with E-state index in [1.807, 2.05) is 0 Å². The van der Waals surface area contributed by atoms with Gasteiger partial charge in [-0.15, -0.1) is 0 Å². The summed E-state index contributed by atoms with van der Waals surface area (Å²) in [6.07, 6.45) is 3.07. The van der Waals surface area contributed by atoms with Gasteiger partial charge in [-0.3, -0.25) is 4.79 Å². The Bertz CT molecular complexity index is 257. The molecule has 0 bridgehead atoms. The molecule has 0 aromatic rings. The minimum atomic E-state index is -0.933. The molecule has 0 amide bonds. The fraction of sp³-hybridized carbons (Fsp3) is 0.444. The highest BCUT2D eigenvalue weighted by Crippen LogP contribution is 2.24. The van der Waals surface area contributed by atoms with Gasteiger partial charge < -0.3 is 5.11 Å². The molecule has 1 N–H and O–H groups in total. The van der Waals surface area contributed by atoms with E-state index in [1.54, 1.807) is 26.8 Å². The van der Waals surface area contributed by atoms with Gasteiger partial charge in [-0.2, -0.15) is 0 Å². The Kier molecular flexibility index (Phi) is 1.72. The van der Waals surface area contributed by atoms with Crippen molar-refractivity contribution in [1.29, 1.82) is 0 Å². The van der Waals surface area contributed by atoms with Crippen molar-refractivity contribution < 1.29 is 9.90 Å². The lowest BCUT2D eigenvalue weighted by Crippen LogP contribution is -2.27. The van der Waals surface area contributed by atoms with Crippen molar-refractivity contribution in [3.8, 4) is 0 Å². The molecule has 1 aliphatic carbocycles. The van der Waals surface area contributed by atoms with Crippen LogP contribution in [0.1, 0.15) is 20.8 Å². The molecule has 1 atom stereocenters. The highest BCUT2D eigenvalue weighted by molar-refractivity contribution is 6.05. The van der Waals surface area contributed by atoms with E-state index in [9.17, 15) is 9.90 Å². The zero-order chi connectivity index (χ0) is 8.65. The second kappa shape index (κ2) is 2.31. The molecule has 60 valence electrons. The van der Waals surface area contributed by atoms with Crippen LogP contribution in [0.5, 0.6) is 0 Å². The summed E-state index contributed by atoms with van der Waals surface area (Å²) >= 11 is 0. The van der Waals surface area contributed by atoms with Crippen molar-refractivity contribution in [1.82, 2.24) is 0 Å². The fourth-order valence-electron chi connectivity index (χ4n) is 1.06. The van der Waals surface area contributed by atoms with Crippen LogP contribution in [0.25, 0.3) is 0 Å². The van der Waals surface area contributed by atoms with Gasteiger partial charge in [-0.05, 0) is 44.1 Å². The van der Waals surface area contributed by atoms with Gasteiger partial charge in [0.2, 0.25) is 0 Å². The Hall–Kier alpha value is -0.890. The molecule has 0 aromatic heterocycles. The highest BCUT2D eigenvalue weighted by atomic mass is 16.3. The zero-order valence-electron chi connectivity index (χ0n) is 7.01. The Morgan fingerprint density at radius 1 is 1.45 bits per heavy atom. The van der Waals surface area contributed by atoms with Gasteiger partial charge >= 0.3 is 0 Å². The molecule has 1 unspecified atom stereocenters. The molecule has 1 rings (SSSR count). The first kappa shape index (κ1) is 8.21. The molecular weight excluding hydrogens is 140 g/mol. The average molecular weight is 152 g/mol. The van der Waals surface area contributed by atoms with Crippen LogP contribution in [-0.2, 0) is 4.79 Å². The molecule has 1 aliphatic rings. The van der Waals surface area contributed by atoms with Crippen LogP contribution < -0.4 is 0 Å². The van der Waals surface area contributed by atoms with E-state index in [4.69, 9.17) is 0 Å². The second-order valence-corrected chi connectivity index (χ2v) is 3.17. The predicted molar refractivity (Wildman–Crippen MR) is 43.1 cm³/mol. The molecular formula is C9H12O2. The standard InChI is InChI=1S/C9H12O2/c1-6-5-9(3,11)7(2)4-8(6)10/h4-5,11H,1-3H3. The van der Waals surface area contributed by atoms with E-state index in [-0.39, 0.29) is 5.78 Å². The highest BCUT2D eigenvalue weighted by Gasteiger charge is 2.25. The van der Waals surface area contributed by atoms with E-state index in [0.717, 1.165) is 0 Å². The third-order valence-corrected chi connectivity index (χ3v) is 2.03. The summed E-state index contributed by atoms with van der Waals surface area (Å²) in [4.78, 5) is 11.0. The van der Waals surface area contributed by atoms with Gasteiger partial charge in [0.1, 0.15) is 5.60 Å². The summed E-state index contributed by atoms with van der Waals surface area (Å²) in [5.41, 5.74) is 0.381. The Morgan fingerprint density at radius 3 is 2.45 bits per heavy atom. The van der Waals surface area contributed by atoms with Crippen molar-refractivity contribution in [3.05, 3.63) is 23.3 Å². The zero-order valence-corrected chi connectivity index (χ0v) is 7.01. The maximum Gasteiger partial charge on any atom is 0.181 e. The van der Waals surface area contributed by atoms with Crippen LogP contribution in [0.3, 0.4) is 0 Å². The Labute approximate surface area is 66.2 Å². The average Bonchev–Trinajstić information content (AvgIpc) is 1.83. The number of hydrogen-bond donors (Lipinski definition) is 1. The molecule has 0 saturated carbocycles. The van der Waals surface area contributed by atoms with Gasteiger partial charge in [0, 0.05) is 0 Å². The molecule has 0 aliphatic heterocycles. The number of ketones is 1. The first-order valence-corrected chi connectivity index (χ1v) is 3.58. The minimum Gasteiger partial charge on any atom is -0.382 e. The molecule has 0 fully saturated rings. The maximum atomic E-state index is 11.0. The number of hydrogen-bond acceptors (Lipinski definition) is 2. The summed E-state index contributed by atoms with van der Waals surface area (Å²) in [6, 6.07) is 0. The molecule has 0 saturated heterocycles. The van der Waals surface area contributed by atoms with E-state index in [0.29, 0.717) is 11.1 Å². The van der Waals surface area contributed by atoms with Crippen LogP contribution in [-0.4, -0.2) is 16.5 Å². The first-order valence-electron chi connectivity index (χ1n) is 3.58. The third kappa shape index (κ3) is 1.40. The van der Waals surface area contributed by atoms with Gasteiger partial charge in [0.25, 0.3) is 0 Å². The number of rotatable bonds is 0. The smallest absolute Gasteiger partial charge is 0.181 e. The summed E-state index contributed by atoms with van der Waals surface area (Å²) in [5, 5.41) is 9.63. The quantitative estimate of drug-likeness (QED) is 0.566. The largest absolute Gasteiger partial charge is 0.382 e.